The highest BCUT2D eigenvalue weighted by molar-refractivity contribution is 6.36. The number of halogens is 4. The van der Waals surface area contributed by atoms with E-state index in [2.05, 4.69) is 10.1 Å². The zero-order valence-electron chi connectivity index (χ0n) is 12.5. The van der Waals surface area contributed by atoms with Crippen molar-refractivity contribution in [3.63, 3.8) is 0 Å². The van der Waals surface area contributed by atoms with Crippen molar-refractivity contribution >= 4 is 40.9 Å². The number of alkyl halides is 2. The summed E-state index contributed by atoms with van der Waals surface area (Å²) in [7, 11) is 0. The van der Waals surface area contributed by atoms with Crippen LogP contribution in [0.5, 0.6) is 5.75 Å². The Balaban J connectivity index is 2.30. The number of para-hydroxylation sites is 1. The van der Waals surface area contributed by atoms with E-state index in [0.717, 1.165) is 6.08 Å². The molecular weight excluding hydrogens is 373 g/mol. The number of nitrogens with one attached hydrogen (secondary N) is 1. The SMILES string of the molecule is N#C/C(=C\c1ccccc1OC(F)F)C(=O)Nc1cc(Cl)ccc1Cl. The number of anilines is 1. The van der Waals surface area contributed by atoms with Gasteiger partial charge in [0.1, 0.15) is 17.4 Å². The number of carbonyl (C=O) groups excluding carboxylic acids is 1. The number of carbonyl (C=O) groups is 1. The highest BCUT2D eigenvalue weighted by atomic mass is 35.5. The molecule has 1 amide bonds. The Hall–Kier alpha value is -2.62. The molecule has 2 rings (SSSR count). The van der Waals surface area contributed by atoms with Gasteiger partial charge < -0.3 is 10.1 Å². The van der Waals surface area contributed by atoms with Crippen LogP contribution in [-0.2, 0) is 4.79 Å². The second-order valence-electron chi connectivity index (χ2n) is 4.66. The van der Waals surface area contributed by atoms with E-state index in [-0.39, 0.29) is 27.6 Å². The van der Waals surface area contributed by atoms with Crippen molar-refractivity contribution in [1.82, 2.24) is 0 Å². The Bertz CT molecular complexity index is 864. The number of ether oxygens (including phenoxy) is 1. The molecule has 25 heavy (non-hydrogen) atoms. The van der Waals surface area contributed by atoms with Crippen molar-refractivity contribution in [3.05, 3.63) is 63.6 Å². The third kappa shape index (κ3) is 5.18. The minimum Gasteiger partial charge on any atom is -0.434 e. The lowest BCUT2D eigenvalue weighted by molar-refractivity contribution is -0.112. The predicted octanol–water partition coefficient (Wildman–Crippen LogP) is 5.14. The maximum absolute atomic E-state index is 12.4. The summed E-state index contributed by atoms with van der Waals surface area (Å²) in [5, 5.41) is 12.2. The first-order valence-electron chi connectivity index (χ1n) is 6.82. The van der Waals surface area contributed by atoms with Crippen LogP contribution in [0, 0.1) is 11.3 Å². The molecule has 4 nitrogen and oxygen atoms in total. The standard InChI is InChI=1S/C17H10Cl2F2N2O2/c18-12-5-6-13(19)14(8-12)23-16(24)11(9-22)7-10-3-1-2-4-15(10)25-17(20)21/h1-8,17H,(H,23,24)/b11-7+. The lowest BCUT2D eigenvalue weighted by Gasteiger charge is -2.09. The number of nitriles is 1. The van der Waals surface area contributed by atoms with Crippen molar-refractivity contribution in [1.29, 1.82) is 5.26 Å². The Morgan fingerprint density at radius 1 is 1.24 bits per heavy atom. The first-order valence-corrected chi connectivity index (χ1v) is 7.58. The second-order valence-corrected chi connectivity index (χ2v) is 5.51. The lowest BCUT2D eigenvalue weighted by Crippen LogP contribution is -2.14. The summed E-state index contributed by atoms with van der Waals surface area (Å²) in [5.41, 5.74) is 0.0606. The molecule has 8 heteroatoms. The maximum atomic E-state index is 12.4. The molecule has 0 spiro atoms. The average molecular weight is 383 g/mol. The van der Waals surface area contributed by atoms with Gasteiger partial charge in [-0.1, -0.05) is 41.4 Å². The molecule has 0 heterocycles. The smallest absolute Gasteiger partial charge is 0.387 e. The Kier molecular flexibility index (Phi) is 6.34. The minimum atomic E-state index is -3.03. The zero-order chi connectivity index (χ0) is 18.4. The van der Waals surface area contributed by atoms with Crippen LogP contribution in [0.4, 0.5) is 14.5 Å². The summed E-state index contributed by atoms with van der Waals surface area (Å²) in [6.07, 6.45) is 1.14. The molecule has 0 saturated heterocycles. The summed E-state index contributed by atoms with van der Waals surface area (Å²) < 4.78 is 29.2. The van der Waals surface area contributed by atoms with E-state index in [4.69, 9.17) is 23.2 Å². The van der Waals surface area contributed by atoms with Gasteiger partial charge in [0, 0.05) is 10.6 Å². The third-order valence-corrected chi connectivity index (χ3v) is 3.54. The summed E-state index contributed by atoms with van der Waals surface area (Å²) in [4.78, 5) is 12.3. The molecule has 0 fully saturated rings. The molecule has 0 aromatic heterocycles. The van der Waals surface area contributed by atoms with Gasteiger partial charge in [-0.25, -0.2) is 0 Å². The predicted molar refractivity (Wildman–Crippen MR) is 91.8 cm³/mol. The Labute approximate surface area is 152 Å². The highest BCUT2D eigenvalue weighted by Crippen LogP contribution is 2.27. The fourth-order valence-electron chi connectivity index (χ4n) is 1.89. The van der Waals surface area contributed by atoms with Gasteiger partial charge in [0.2, 0.25) is 0 Å². The number of nitrogens with zero attached hydrogens (tertiary/aromatic N) is 1. The zero-order valence-corrected chi connectivity index (χ0v) is 14.0. The van der Waals surface area contributed by atoms with Gasteiger partial charge in [-0.3, -0.25) is 4.79 Å². The van der Waals surface area contributed by atoms with Crippen LogP contribution in [0.25, 0.3) is 6.08 Å². The molecule has 2 aromatic rings. The lowest BCUT2D eigenvalue weighted by atomic mass is 10.1. The van der Waals surface area contributed by atoms with Crippen molar-refractivity contribution in [3.8, 4) is 11.8 Å². The van der Waals surface area contributed by atoms with E-state index >= 15 is 0 Å². The second kappa shape index (κ2) is 8.47. The van der Waals surface area contributed by atoms with E-state index < -0.39 is 12.5 Å². The fraction of sp³-hybridized carbons (Fsp3) is 0.0588. The van der Waals surface area contributed by atoms with Gasteiger partial charge in [0.15, 0.2) is 0 Å². The number of benzene rings is 2. The van der Waals surface area contributed by atoms with Crippen molar-refractivity contribution < 1.29 is 18.3 Å². The minimum absolute atomic E-state index is 0.154. The average Bonchev–Trinajstić information content (AvgIpc) is 2.56. The highest BCUT2D eigenvalue weighted by Gasteiger charge is 2.14. The van der Waals surface area contributed by atoms with Gasteiger partial charge in [0.05, 0.1) is 10.7 Å². The van der Waals surface area contributed by atoms with Crippen LogP contribution in [0.3, 0.4) is 0 Å². The van der Waals surface area contributed by atoms with Gasteiger partial charge in [-0.15, -0.1) is 0 Å². The Morgan fingerprint density at radius 3 is 2.64 bits per heavy atom. The van der Waals surface area contributed by atoms with Crippen LogP contribution < -0.4 is 10.1 Å². The molecule has 0 saturated carbocycles. The topological polar surface area (TPSA) is 62.1 Å². The normalized spacial score (nSPS) is 11.1. The molecular formula is C17H10Cl2F2N2O2. The molecule has 1 N–H and O–H groups in total. The van der Waals surface area contributed by atoms with Gasteiger partial charge >= 0.3 is 6.61 Å². The van der Waals surface area contributed by atoms with E-state index in [1.807, 2.05) is 0 Å². The summed E-state index contributed by atoms with van der Waals surface area (Å²) in [6.45, 7) is -3.03. The van der Waals surface area contributed by atoms with Crippen molar-refractivity contribution in [2.75, 3.05) is 5.32 Å². The summed E-state index contributed by atoms with van der Waals surface area (Å²) in [5.74, 6) is -0.919. The molecule has 0 unspecified atom stereocenters. The first-order chi connectivity index (χ1) is 11.9. The number of amides is 1. The van der Waals surface area contributed by atoms with E-state index in [1.54, 1.807) is 18.2 Å². The number of hydrogen-bond donors (Lipinski definition) is 1. The maximum Gasteiger partial charge on any atom is 0.387 e. The number of hydrogen-bond acceptors (Lipinski definition) is 3. The van der Waals surface area contributed by atoms with Crippen molar-refractivity contribution in [2.24, 2.45) is 0 Å². The molecule has 0 bridgehead atoms. The third-order valence-electron chi connectivity index (χ3n) is 2.98. The molecule has 0 aliphatic carbocycles. The summed E-state index contributed by atoms with van der Waals surface area (Å²) in [6, 6.07) is 12.0. The van der Waals surface area contributed by atoms with Crippen LogP contribution in [-0.4, -0.2) is 12.5 Å². The summed E-state index contributed by atoms with van der Waals surface area (Å²) >= 11 is 11.8. The van der Waals surface area contributed by atoms with Gasteiger partial charge in [-0.2, -0.15) is 14.0 Å². The van der Waals surface area contributed by atoms with Gasteiger partial charge in [-0.05, 0) is 30.3 Å². The molecule has 2 aromatic carbocycles. The quantitative estimate of drug-likeness (QED) is 0.575. The molecule has 0 atom stereocenters. The van der Waals surface area contributed by atoms with Crippen molar-refractivity contribution in [2.45, 2.75) is 6.61 Å². The number of rotatable bonds is 5. The fourth-order valence-corrected chi connectivity index (χ4v) is 2.23. The van der Waals surface area contributed by atoms with Crippen LogP contribution >= 0.6 is 23.2 Å². The molecule has 0 aliphatic heterocycles. The molecule has 0 radical (unpaired) electrons. The van der Waals surface area contributed by atoms with E-state index in [1.165, 1.54) is 30.3 Å². The monoisotopic (exact) mass is 382 g/mol. The molecule has 0 aliphatic rings. The Morgan fingerprint density at radius 2 is 1.96 bits per heavy atom. The largest absolute Gasteiger partial charge is 0.434 e. The van der Waals surface area contributed by atoms with Crippen LogP contribution in [0.15, 0.2) is 48.0 Å². The van der Waals surface area contributed by atoms with Gasteiger partial charge in [0.25, 0.3) is 5.91 Å². The van der Waals surface area contributed by atoms with Crippen LogP contribution in [0.2, 0.25) is 10.0 Å². The van der Waals surface area contributed by atoms with E-state index in [0.29, 0.717) is 5.02 Å². The van der Waals surface area contributed by atoms with Crippen LogP contribution in [0.1, 0.15) is 5.56 Å². The first kappa shape index (κ1) is 18.7. The van der Waals surface area contributed by atoms with E-state index in [9.17, 15) is 18.8 Å². The molecule has 128 valence electrons.